The third-order valence-electron chi connectivity index (χ3n) is 3.37. The molecule has 0 aliphatic carbocycles. The number of thiocarbonyl (C=S) groups is 1. The summed E-state index contributed by atoms with van der Waals surface area (Å²) >= 11 is 6.65. The van der Waals surface area contributed by atoms with Crippen LogP contribution < -0.4 is 4.90 Å². The second-order valence-electron chi connectivity index (χ2n) is 4.71. The number of hydrogen-bond acceptors (Lipinski definition) is 6. The van der Waals surface area contributed by atoms with E-state index in [1.165, 1.54) is 23.9 Å². The highest BCUT2D eigenvalue weighted by atomic mass is 32.2. The molecular weight excluding hydrogens is 320 g/mol. The van der Waals surface area contributed by atoms with Crippen LogP contribution in [0.25, 0.3) is 0 Å². The van der Waals surface area contributed by atoms with Crippen LogP contribution in [0.3, 0.4) is 0 Å². The Labute approximate surface area is 125 Å². The fourth-order valence-corrected chi connectivity index (χ4v) is 6.90. The Kier molecular flexibility index (Phi) is 3.22. The van der Waals surface area contributed by atoms with Crippen molar-refractivity contribution in [2.45, 2.75) is 11.3 Å². The van der Waals surface area contributed by atoms with Crippen molar-refractivity contribution in [3.63, 3.8) is 0 Å². The van der Waals surface area contributed by atoms with Crippen molar-refractivity contribution >= 4 is 49.5 Å². The Balaban J connectivity index is 1.99. The summed E-state index contributed by atoms with van der Waals surface area (Å²) in [6.07, 6.45) is 0. The van der Waals surface area contributed by atoms with E-state index >= 15 is 0 Å². The van der Waals surface area contributed by atoms with E-state index in [1.807, 2.05) is 0 Å². The summed E-state index contributed by atoms with van der Waals surface area (Å²) in [6, 6.07) is 5.91. The summed E-state index contributed by atoms with van der Waals surface area (Å²) in [7, 11) is -3.05. The number of fused-ring (bicyclic) bond motifs is 1. The molecule has 2 fully saturated rings. The number of benzene rings is 1. The highest BCUT2D eigenvalue weighted by Gasteiger charge is 2.48. The molecule has 6 nitrogen and oxygen atoms in total. The maximum atomic E-state index is 11.7. The molecule has 3 rings (SSSR count). The molecule has 2 heterocycles. The lowest BCUT2D eigenvalue weighted by atomic mass is 10.2. The SMILES string of the molecule is O=[N+]([O-])c1cccc(N2C(=S)S[C@H]3CS(=O)(=O)C[C@H]32)c1. The van der Waals surface area contributed by atoms with E-state index in [-0.39, 0.29) is 28.5 Å². The van der Waals surface area contributed by atoms with E-state index in [0.717, 1.165) is 0 Å². The van der Waals surface area contributed by atoms with Gasteiger partial charge in [0, 0.05) is 23.1 Å². The molecule has 0 radical (unpaired) electrons. The topological polar surface area (TPSA) is 80.5 Å². The third-order valence-corrected chi connectivity index (χ3v) is 6.97. The van der Waals surface area contributed by atoms with E-state index in [4.69, 9.17) is 12.2 Å². The number of rotatable bonds is 2. The summed E-state index contributed by atoms with van der Waals surface area (Å²) in [5, 5.41) is 10.8. The highest BCUT2D eigenvalue weighted by Crippen LogP contribution is 2.41. The van der Waals surface area contributed by atoms with Gasteiger partial charge < -0.3 is 4.90 Å². The number of nitro groups is 1. The molecule has 106 valence electrons. The lowest BCUT2D eigenvalue weighted by Crippen LogP contribution is -2.36. The van der Waals surface area contributed by atoms with Gasteiger partial charge in [0.25, 0.3) is 5.69 Å². The predicted octanol–water partition coefficient (Wildman–Crippen LogP) is 1.60. The molecule has 0 bridgehead atoms. The molecule has 9 heteroatoms. The minimum absolute atomic E-state index is 0.0281. The summed E-state index contributed by atoms with van der Waals surface area (Å²) in [4.78, 5) is 12.1. The summed E-state index contributed by atoms with van der Waals surface area (Å²) < 4.78 is 24.0. The lowest BCUT2D eigenvalue weighted by Gasteiger charge is -2.23. The molecule has 0 spiro atoms. The minimum atomic E-state index is -3.05. The molecule has 2 aliphatic rings. The van der Waals surface area contributed by atoms with Crippen LogP contribution in [0.2, 0.25) is 0 Å². The Bertz CT molecular complexity index is 703. The quantitative estimate of drug-likeness (QED) is 0.463. The molecule has 1 aromatic rings. The van der Waals surface area contributed by atoms with Crippen LogP contribution in [0.5, 0.6) is 0 Å². The van der Waals surface area contributed by atoms with Crippen LogP contribution in [0, 0.1) is 10.1 Å². The number of nitro benzene ring substituents is 1. The number of anilines is 1. The summed E-state index contributed by atoms with van der Waals surface area (Å²) in [5.41, 5.74) is 0.556. The van der Waals surface area contributed by atoms with Gasteiger partial charge >= 0.3 is 0 Å². The molecule has 0 unspecified atom stereocenters. The predicted molar refractivity (Wildman–Crippen MR) is 82.0 cm³/mol. The van der Waals surface area contributed by atoms with Crippen LogP contribution in [0.1, 0.15) is 0 Å². The fourth-order valence-electron chi connectivity index (χ4n) is 2.53. The Morgan fingerprint density at radius 2 is 2.15 bits per heavy atom. The van der Waals surface area contributed by atoms with Gasteiger partial charge in [-0.1, -0.05) is 30.0 Å². The third kappa shape index (κ3) is 2.29. The van der Waals surface area contributed by atoms with Gasteiger partial charge in [-0.3, -0.25) is 10.1 Å². The van der Waals surface area contributed by atoms with Crippen LogP contribution >= 0.6 is 24.0 Å². The number of non-ortho nitro benzene ring substituents is 1. The minimum Gasteiger partial charge on any atom is -0.322 e. The fraction of sp³-hybridized carbons (Fsp3) is 0.364. The van der Waals surface area contributed by atoms with E-state index in [9.17, 15) is 18.5 Å². The first-order valence-electron chi connectivity index (χ1n) is 5.82. The molecule has 0 amide bonds. The Morgan fingerprint density at radius 1 is 1.40 bits per heavy atom. The van der Waals surface area contributed by atoms with Crippen LogP contribution in [-0.2, 0) is 9.84 Å². The molecule has 2 saturated heterocycles. The molecular formula is C11H10N2O4S3. The smallest absolute Gasteiger partial charge is 0.271 e. The number of hydrogen-bond donors (Lipinski definition) is 0. The first kappa shape index (κ1) is 13.8. The Hall–Kier alpha value is -1.19. The zero-order chi connectivity index (χ0) is 14.5. The summed E-state index contributed by atoms with van der Waals surface area (Å²) in [5.74, 6) is 0.168. The highest BCUT2D eigenvalue weighted by molar-refractivity contribution is 8.24. The van der Waals surface area contributed by atoms with Gasteiger partial charge in [-0.15, -0.1) is 0 Å². The molecule has 0 saturated carbocycles. The standard InChI is InChI=1S/C11H10N2O4S3/c14-13(15)8-3-1-2-7(4-8)12-9-5-20(16,17)6-10(9)19-11(12)18/h1-4,9-10H,5-6H2/t9-,10+/m1/s1. The zero-order valence-electron chi connectivity index (χ0n) is 10.1. The monoisotopic (exact) mass is 330 g/mol. The molecule has 1 aromatic carbocycles. The van der Waals surface area contributed by atoms with Crippen molar-refractivity contribution in [1.29, 1.82) is 0 Å². The van der Waals surface area contributed by atoms with Crippen molar-refractivity contribution in [2.24, 2.45) is 0 Å². The van der Waals surface area contributed by atoms with Crippen molar-refractivity contribution in [3.05, 3.63) is 34.4 Å². The van der Waals surface area contributed by atoms with Crippen molar-refractivity contribution < 1.29 is 13.3 Å². The molecule has 2 aliphatic heterocycles. The number of thioether (sulfide) groups is 1. The second kappa shape index (κ2) is 4.68. The van der Waals surface area contributed by atoms with Gasteiger partial charge in [-0.25, -0.2) is 8.42 Å². The average Bonchev–Trinajstić information content (AvgIpc) is 2.79. The maximum Gasteiger partial charge on any atom is 0.271 e. The van der Waals surface area contributed by atoms with Crippen LogP contribution in [0.15, 0.2) is 24.3 Å². The lowest BCUT2D eigenvalue weighted by molar-refractivity contribution is -0.384. The summed E-state index contributed by atoms with van der Waals surface area (Å²) in [6.45, 7) is 0. The Morgan fingerprint density at radius 3 is 2.85 bits per heavy atom. The van der Waals surface area contributed by atoms with Crippen molar-refractivity contribution in [1.82, 2.24) is 0 Å². The van der Waals surface area contributed by atoms with E-state index in [1.54, 1.807) is 17.0 Å². The first-order chi connectivity index (χ1) is 9.37. The maximum absolute atomic E-state index is 11.7. The average molecular weight is 330 g/mol. The molecule has 0 aromatic heterocycles. The zero-order valence-corrected chi connectivity index (χ0v) is 12.6. The largest absolute Gasteiger partial charge is 0.322 e. The van der Waals surface area contributed by atoms with E-state index in [0.29, 0.717) is 10.0 Å². The van der Waals surface area contributed by atoms with E-state index < -0.39 is 14.8 Å². The van der Waals surface area contributed by atoms with Crippen molar-refractivity contribution in [2.75, 3.05) is 16.4 Å². The second-order valence-corrected chi connectivity index (χ2v) is 8.74. The van der Waals surface area contributed by atoms with Gasteiger partial charge in [-0.05, 0) is 6.07 Å². The van der Waals surface area contributed by atoms with Crippen molar-refractivity contribution in [3.8, 4) is 0 Å². The van der Waals surface area contributed by atoms with Gasteiger partial charge in [0.2, 0.25) is 0 Å². The van der Waals surface area contributed by atoms with Gasteiger partial charge in [-0.2, -0.15) is 0 Å². The van der Waals surface area contributed by atoms with Gasteiger partial charge in [0.15, 0.2) is 9.84 Å². The molecule has 0 N–H and O–H groups in total. The van der Waals surface area contributed by atoms with E-state index in [2.05, 4.69) is 0 Å². The number of nitrogens with zero attached hydrogens (tertiary/aromatic N) is 2. The van der Waals surface area contributed by atoms with Gasteiger partial charge in [0.05, 0.1) is 22.5 Å². The van der Waals surface area contributed by atoms with Gasteiger partial charge in [0.1, 0.15) is 4.32 Å². The normalized spacial score (nSPS) is 27.6. The number of sulfone groups is 1. The molecule has 2 atom stereocenters. The molecule has 20 heavy (non-hydrogen) atoms. The van der Waals surface area contributed by atoms with Crippen LogP contribution in [0.4, 0.5) is 11.4 Å². The van der Waals surface area contributed by atoms with Crippen LogP contribution in [-0.4, -0.2) is 40.5 Å². The first-order valence-corrected chi connectivity index (χ1v) is 8.93.